The summed E-state index contributed by atoms with van der Waals surface area (Å²) in [5.41, 5.74) is 3.86. The molecule has 1 rings (SSSR count). The highest BCUT2D eigenvalue weighted by molar-refractivity contribution is 14.1. The van der Waals surface area contributed by atoms with E-state index in [4.69, 9.17) is 0 Å². The molecule has 1 nitrogen and oxygen atoms in total. The minimum atomic E-state index is 0.475. The molecule has 1 N–H and O–H groups in total. The molecule has 0 aliphatic carbocycles. The Kier molecular flexibility index (Phi) is 3.38. The molecule has 1 atom stereocenters. The summed E-state index contributed by atoms with van der Waals surface area (Å²) in [4.78, 5) is 0. The van der Waals surface area contributed by atoms with Gasteiger partial charge in [-0.15, -0.1) is 0 Å². The first-order chi connectivity index (χ1) is 5.59. The molecule has 0 heterocycles. The Bertz CT molecular complexity index is 269. The number of nitrogens with one attached hydrogen (secondary N) is 1. The summed E-state index contributed by atoms with van der Waals surface area (Å²) in [6.07, 6.45) is 0. The van der Waals surface area contributed by atoms with E-state index in [1.807, 2.05) is 0 Å². The first-order valence-electron chi connectivity index (χ1n) is 4.07. The van der Waals surface area contributed by atoms with Crippen molar-refractivity contribution in [2.75, 3.05) is 5.32 Å². The van der Waals surface area contributed by atoms with E-state index in [0.29, 0.717) is 4.05 Å². The standard InChI is InChI=1S/C10H14IN/c1-7-4-5-8(2)10(6-7)12-9(3)11/h4-6,9,12H,1-3H3. The van der Waals surface area contributed by atoms with Crippen LogP contribution in [-0.2, 0) is 0 Å². The molecular weight excluding hydrogens is 261 g/mol. The number of hydrogen-bond donors (Lipinski definition) is 1. The lowest BCUT2D eigenvalue weighted by Crippen LogP contribution is -2.07. The fourth-order valence-corrected chi connectivity index (χ4v) is 1.44. The van der Waals surface area contributed by atoms with Crippen LogP contribution in [0.25, 0.3) is 0 Å². The van der Waals surface area contributed by atoms with Crippen LogP contribution >= 0.6 is 22.6 Å². The summed E-state index contributed by atoms with van der Waals surface area (Å²) in [5.74, 6) is 0. The largest absolute Gasteiger partial charge is 0.373 e. The van der Waals surface area contributed by atoms with Gasteiger partial charge in [0.2, 0.25) is 0 Å². The molecule has 2 heteroatoms. The lowest BCUT2D eigenvalue weighted by molar-refractivity contribution is 1.16. The Morgan fingerprint density at radius 3 is 2.58 bits per heavy atom. The van der Waals surface area contributed by atoms with E-state index in [9.17, 15) is 0 Å². The van der Waals surface area contributed by atoms with Crippen LogP contribution in [0.3, 0.4) is 0 Å². The number of alkyl halides is 1. The van der Waals surface area contributed by atoms with E-state index < -0.39 is 0 Å². The molecule has 1 aromatic carbocycles. The maximum atomic E-state index is 3.40. The fourth-order valence-electron chi connectivity index (χ4n) is 1.11. The van der Waals surface area contributed by atoms with Gasteiger partial charge in [-0.25, -0.2) is 0 Å². The van der Waals surface area contributed by atoms with Gasteiger partial charge in [0, 0.05) is 5.69 Å². The summed E-state index contributed by atoms with van der Waals surface area (Å²) in [5, 5.41) is 3.40. The molecule has 1 unspecified atom stereocenters. The van der Waals surface area contributed by atoms with Crippen LogP contribution in [0.4, 0.5) is 5.69 Å². The van der Waals surface area contributed by atoms with Crippen LogP contribution in [0.1, 0.15) is 18.1 Å². The van der Waals surface area contributed by atoms with Gasteiger partial charge < -0.3 is 5.32 Å². The zero-order valence-electron chi connectivity index (χ0n) is 7.69. The molecule has 0 saturated carbocycles. The van der Waals surface area contributed by atoms with E-state index in [0.717, 1.165) is 0 Å². The number of hydrogen-bond acceptors (Lipinski definition) is 1. The molecule has 66 valence electrons. The van der Waals surface area contributed by atoms with Gasteiger partial charge in [0.25, 0.3) is 0 Å². The Morgan fingerprint density at radius 2 is 2.00 bits per heavy atom. The quantitative estimate of drug-likeness (QED) is 0.495. The minimum Gasteiger partial charge on any atom is -0.373 e. The third-order valence-electron chi connectivity index (χ3n) is 1.75. The SMILES string of the molecule is Cc1ccc(C)c(NC(C)I)c1. The summed E-state index contributed by atoms with van der Waals surface area (Å²) in [6, 6.07) is 6.47. The molecule has 0 bridgehead atoms. The Morgan fingerprint density at radius 1 is 1.33 bits per heavy atom. The number of halogens is 1. The monoisotopic (exact) mass is 275 g/mol. The average Bonchev–Trinajstić information content (AvgIpc) is 1.96. The van der Waals surface area contributed by atoms with Gasteiger partial charge in [-0.1, -0.05) is 34.7 Å². The van der Waals surface area contributed by atoms with Crippen molar-refractivity contribution in [1.82, 2.24) is 0 Å². The van der Waals surface area contributed by atoms with E-state index in [-0.39, 0.29) is 0 Å². The topological polar surface area (TPSA) is 12.0 Å². The smallest absolute Gasteiger partial charge is 0.0753 e. The Hall–Kier alpha value is -0.250. The van der Waals surface area contributed by atoms with Gasteiger partial charge in [0.1, 0.15) is 0 Å². The Labute approximate surface area is 87.7 Å². The summed E-state index contributed by atoms with van der Waals surface area (Å²) < 4.78 is 0.475. The van der Waals surface area contributed by atoms with Gasteiger partial charge in [0.05, 0.1) is 4.05 Å². The predicted molar refractivity (Wildman–Crippen MR) is 63.0 cm³/mol. The second kappa shape index (κ2) is 4.12. The van der Waals surface area contributed by atoms with Gasteiger partial charge in [0.15, 0.2) is 0 Å². The Balaban J connectivity index is 2.90. The van der Waals surface area contributed by atoms with E-state index in [1.165, 1.54) is 16.8 Å². The molecule has 12 heavy (non-hydrogen) atoms. The van der Waals surface area contributed by atoms with E-state index in [1.54, 1.807) is 0 Å². The molecule has 0 radical (unpaired) electrons. The number of anilines is 1. The first-order valence-corrected chi connectivity index (χ1v) is 5.32. The zero-order valence-corrected chi connectivity index (χ0v) is 9.84. The third kappa shape index (κ3) is 2.66. The zero-order chi connectivity index (χ0) is 9.14. The summed E-state index contributed by atoms with van der Waals surface area (Å²) >= 11 is 2.36. The van der Waals surface area contributed by atoms with Crippen molar-refractivity contribution in [3.63, 3.8) is 0 Å². The predicted octanol–water partition coefficient (Wildman–Crippen LogP) is 3.50. The van der Waals surface area contributed by atoms with Gasteiger partial charge >= 0.3 is 0 Å². The van der Waals surface area contributed by atoms with Crippen LogP contribution in [-0.4, -0.2) is 4.05 Å². The fraction of sp³-hybridized carbons (Fsp3) is 0.400. The van der Waals surface area contributed by atoms with E-state index >= 15 is 0 Å². The molecule has 0 aromatic heterocycles. The van der Waals surface area contributed by atoms with Crippen LogP contribution in [0.15, 0.2) is 18.2 Å². The molecule has 1 aromatic rings. The molecule has 0 aliphatic rings. The highest BCUT2D eigenvalue weighted by atomic mass is 127. The van der Waals surface area contributed by atoms with Crippen LogP contribution in [0.5, 0.6) is 0 Å². The van der Waals surface area contributed by atoms with Gasteiger partial charge in [-0.2, -0.15) is 0 Å². The average molecular weight is 275 g/mol. The number of benzene rings is 1. The third-order valence-corrected chi connectivity index (χ3v) is 2.06. The van der Waals surface area contributed by atoms with Crippen molar-refractivity contribution in [1.29, 1.82) is 0 Å². The molecule has 0 spiro atoms. The molecular formula is C10H14IN. The van der Waals surface area contributed by atoms with Crippen LogP contribution < -0.4 is 5.32 Å². The maximum absolute atomic E-state index is 3.40. The van der Waals surface area contributed by atoms with Gasteiger partial charge in [-0.05, 0) is 38.0 Å². The van der Waals surface area contributed by atoms with Crippen molar-refractivity contribution in [2.45, 2.75) is 24.8 Å². The lowest BCUT2D eigenvalue weighted by atomic mass is 10.1. The highest BCUT2D eigenvalue weighted by Gasteiger charge is 1.99. The van der Waals surface area contributed by atoms with Crippen LogP contribution in [0.2, 0.25) is 0 Å². The van der Waals surface area contributed by atoms with Crippen molar-refractivity contribution >= 4 is 28.3 Å². The van der Waals surface area contributed by atoms with Crippen molar-refractivity contribution in [3.8, 4) is 0 Å². The van der Waals surface area contributed by atoms with Gasteiger partial charge in [-0.3, -0.25) is 0 Å². The normalized spacial score (nSPS) is 12.7. The van der Waals surface area contributed by atoms with E-state index in [2.05, 4.69) is 66.9 Å². The second-order valence-corrected chi connectivity index (χ2v) is 4.95. The number of aryl methyl sites for hydroxylation is 2. The molecule has 0 fully saturated rings. The molecule has 0 saturated heterocycles. The second-order valence-electron chi connectivity index (χ2n) is 3.08. The molecule has 0 amide bonds. The first kappa shape index (κ1) is 9.84. The highest BCUT2D eigenvalue weighted by Crippen LogP contribution is 2.18. The van der Waals surface area contributed by atoms with Crippen molar-refractivity contribution < 1.29 is 0 Å². The minimum absolute atomic E-state index is 0.475. The lowest BCUT2D eigenvalue weighted by Gasteiger charge is -2.11. The van der Waals surface area contributed by atoms with Crippen LogP contribution in [0, 0.1) is 13.8 Å². The summed E-state index contributed by atoms with van der Waals surface area (Å²) in [6.45, 7) is 6.38. The van der Waals surface area contributed by atoms with Crippen molar-refractivity contribution in [2.24, 2.45) is 0 Å². The van der Waals surface area contributed by atoms with Crippen molar-refractivity contribution in [3.05, 3.63) is 29.3 Å². The number of rotatable bonds is 2. The summed E-state index contributed by atoms with van der Waals surface area (Å²) in [7, 11) is 0. The maximum Gasteiger partial charge on any atom is 0.0753 e. The molecule has 0 aliphatic heterocycles.